The van der Waals surface area contributed by atoms with Crippen molar-refractivity contribution in [1.29, 1.82) is 0 Å². The average molecular weight is 300 g/mol. The lowest BCUT2D eigenvalue weighted by Crippen LogP contribution is -2.03. The van der Waals surface area contributed by atoms with Gasteiger partial charge < -0.3 is 11.1 Å². The van der Waals surface area contributed by atoms with Crippen molar-refractivity contribution in [3.05, 3.63) is 47.4 Å². The van der Waals surface area contributed by atoms with Crippen LogP contribution in [0.3, 0.4) is 0 Å². The predicted molar refractivity (Wildman–Crippen MR) is 85.9 cm³/mol. The van der Waals surface area contributed by atoms with Crippen LogP contribution in [0, 0.1) is 0 Å². The van der Waals surface area contributed by atoms with Gasteiger partial charge in [0.1, 0.15) is 17.5 Å². The van der Waals surface area contributed by atoms with Gasteiger partial charge in [0.15, 0.2) is 0 Å². The lowest BCUT2D eigenvalue weighted by atomic mass is 10.2. The Morgan fingerprint density at radius 1 is 1.24 bits per heavy atom. The maximum absolute atomic E-state index is 6.19. The van der Waals surface area contributed by atoms with Crippen LogP contribution in [-0.2, 0) is 6.42 Å². The zero-order valence-electron chi connectivity index (χ0n) is 11.5. The number of nitrogens with two attached hydrogens (primary N) is 1. The Hall–Kier alpha value is -2.40. The summed E-state index contributed by atoms with van der Waals surface area (Å²) in [5.41, 5.74) is 7.42. The van der Waals surface area contributed by atoms with E-state index >= 15 is 0 Å². The molecule has 1 aromatic carbocycles. The molecule has 0 aliphatic rings. The number of anilines is 3. The summed E-state index contributed by atoms with van der Waals surface area (Å²) in [6.07, 6.45) is 2.45. The maximum Gasteiger partial charge on any atom is 0.136 e. The lowest BCUT2D eigenvalue weighted by Gasteiger charge is -2.10. The van der Waals surface area contributed by atoms with E-state index in [-0.39, 0.29) is 0 Å². The van der Waals surface area contributed by atoms with E-state index in [4.69, 9.17) is 17.3 Å². The van der Waals surface area contributed by atoms with Crippen LogP contribution in [0.4, 0.5) is 17.3 Å². The summed E-state index contributed by atoms with van der Waals surface area (Å²) < 4.78 is 0. The van der Waals surface area contributed by atoms with Crippen molar-refractivity contribution in [3.8, 4) is 0 Å². The molecule has 3 rings (SSSR count). The zero-order valence-corrected chi connectivity index (χ0v) is 12.2. The van der Waals surface area contributed by atoms with E-state index in [9.17, 15) is 0 Å². The van der Waals surface area contributed by atoms with E-state index in [1.54, 1.807) is 12.3 Å². The molecule has 3 aromatic rings. The monoisotopic (exact) mass is 299 g/mol. The molecule has 0 fully saturated rings. The molecule has 0 saturated heterocycles. The summed E-state index contributed by atoms with van der Waals surface area (Å²) in [7, 11) is 0. The van der Waals surface area contributed by atoms with Crippen molar-refractivity contribution in [2.45, 2.75) is 13.3 Å². The zero-order chi connectivity index (χ0) is 14.8. The number of fused-ring (bicyclic) bond motifs is 1. The fourth-order valence-electron chi connectivity index (χ4n) is 2.12. The number of aromatic nitrogens is 3. The number of hydrogen-bond acceptors (Lipinski definition) is 5. The number of halogens is 1. The van der Waals surface area contributed by atoms with Crippen LogP contribution in [0.5, 0.6) is 0 Å². The number of nitrogen functional groups attached to an aromatic ring is 1. The summed E-state index contributed by atoms with van der Waals surface area (Å²) in [5, 5.41) is 4.79. The first-order valence-corrected chi connectivity index (χ1v) is 6.99. The normalized spacial score (nSPS) is 10.8. The number of nitrogens with zero attached hydrogens (tertiary/aromatic N) is 3. The van der Waals surface area contributed by atoms with Crippen LogP contribution in [0.2, 0.25) is 5.02 Å². The van der Waals surface area contributed by atoms with Gasteiger partial charge in [-0.1, -0.05) is 18.5 Å². The molecule has 0 unspecified atom stereocenters. The summed E-state index contributed by atoms with van der Waals surface area (Å²) in [6.45, 7) is 1.98. The van der Waals surface area contributed by atoms with Gasteiger partial charge in [-0.15, -0.1) is 0 Å². The number of benzene rings is 1. The highest BCUT2D eigenvalue weighted by atomic mass is 35.5. The molecule has 0 amide bonds. The SMILES string of the molecule is CCc1nc(N)cc(Nc2ccc(Cl)c3cccnc23)n1. The van der Waals surface area contributed by atoms with Crippen LogP contribution in [0.1, 0.15) is 12.7 Å². The van der Waals surface area contributed by atoms with Crippen LogP contribution >= 0.6 is 11.6 Å². The lowest BCUT2D eigenvalue weighted by molar-refractivity contribution is 0.948. The van der Waals surface area contributed by atoms with Crippen LogP contribution in [0.15, 0.2) is 36.5 Å². The standard InChI is InChI=1S/C15H14ClN5/c1-2-13-20-12(17)8-14(21-13)19-11-6-5-10(16)9-4-3-7-18-15(9)11/h3-8H,2H2,1H3,(H3,17,19,20,21). The molecule has 0 atom stereocenters. The van der Waals surface area contributed by atoms with Gasteiger partial charge >= 0.3 is 0 Å². The molecular formula is C15H14ClN5. The summed E-state index contributed by atoms with van der Waals surface area (Å²) in [5.74, 6) is 1.79. The molecule has 0 bridgehead atoms. The second kappa shape index (κ2) is 5.54. The highest BCUT2D eigenvalue weighted by Crippen LogP contribution is 2.29. The Labute approximate surface area is 127 Å². The predicted octanol–water partition coefficient (Wildman–Crippen LogP) is 3.57. The van der Waals surface area contributed by atoms with Crippen molar-refractivity contribution in [2.24, 2.45) is 0 Å². The van der Waals surface area contributed by atoms with Gasteiger partial charge in [0.2, 0.25) is 0 Å². The molecule has 3 N–H and O–H groups in total. The second-order valence-electron chi connectivity index (χ2n) is 4.57. The van der Waals surface area contributed by atoms with Crippen molar-refractivity contribution < 1.29 is 0 Å². The molecule has 0 saturated carbocycles. The Bertz CT molecular complexity index is 803. The quantitative estimate of drug-likeness (QED) is 0.773. The first kappa shape index (κ1) is 13.6. The third-order valence-electron chi connectivity index (χ3n) is 3.09. The third kappa shape index (κ3) is 2.73. The number of aryl methyl sites for hydroxylation is 1. The number of hydrogen-bond donors (Lipinski definition) is 2. The van der Waals surface area contributed by atoms with Crippen LogP contribution in [0.25, 0.3) is 10.9 Å². The third-order valence-corrected chi connectivity index (χ3v) is 3.42. The molecule has 0 spiro atoms. The van der Waals surface area contributed by atoms with Crippen molar-refractivity contribution in [2.75, 3.05) is 11.1 Å². The Morgan fingerprint density at radius 3 is 2.90 bits per heavy atom. The van der Waals surface area contributed by atoms with E-state index in [0.29, 0.717) is 22.5 Å². The molecule has 106 valence electrons. The smallest absolute Gasteiger partial charge is 0.136 e. The molecule has 6 heteroatoms. The van der Waals surface area contributed by atoms with Gasteiger partial charge in [0, 0.05) is 24.1 Å². The topological polar surface area (TPSA) is 76.7 Å². The molecule has 0 aliphatic heterocycles. The van der Waals surface area contributed by atoms with Crippen LogP contribution < -0.4 is 11.1 Å². The van der Waals surface area contributed by atoms with Gasteiger partial charge in [-0.05, 0) is 24.3 Å². The fourth-order valence-corrected chi connectivity index (χ4v) is 2.33. The average Bonchev–Trinajstić information content (AvgIpc) is 2.50. The van der Waals surface area contributed by atoms with E-state index < -0.39 is 0 Å². The van der Waals surface area contributed by atoms with E-state index in [1.165, 1.54) is 0 Å². The van der Waals surface area contributed by atoms with Crippen molar-refractivity contribution >= 4 is 39.8 Å². The minimum atomic E-state index is 0.440. The second-order valence-corrected chi connectivity index (χ2v) is 4.97. The number of rotatable bonds is 3. The van der Waals surface area contributed by atoms with Gasteiger partial charge in [0.25, 0.3) is 0 Å². The van der Waals surface area contributed by atoms with Crippen LogP contribution in [-0.4, -0.2) is 15.0 Å². The molecule has 21 heavy (non-hydrogen) atoms. The highest BCUT2D eigenvalue weighted by molar-refractivity contribution is 6.35. The molecule has 2 heterocycles. The minimum absolute atomic E-state index is 0.440. The minimum Gasteiger partial charge on any atom is -0.384 e. The Morgan fingerprint density at radius 2 is 2.10 bits per heavy atom. The Balaban J connectivity index is 2.06. The number of pyridine rings is 1. The summed E-state index contributed by atoms with van der Waals surface area (Å²) in [6, 6.07) is 9.20. The number of nitrogens with one attached hydrogen (secondary N) is 1. The fraction of sp³-hybridized carbons (Fsp3) is 0.133. The first-order chi connectivity index (χ1) is 10.2. The molecular weight excluding hydrogens is 286 g/mol. The molecule has 0 radical (unpaired) electrons. The highest BCUT2D eigenvalue weighted by Gasteiger charge is 2.08. The Kier molecular flexibility index (Phi) is 3.58. The maximum atomic E-state index is 6.19. The van der Waals surface area contributed by atoms with E-state index in [1.807, 2.05) is 31.2 Å². The summed E-state index contributed by atoms with van der Waals surface area (Å²) in [4.78, 5) is 13.0. The largest absolute Gasteiger partial charge is 0.384 e. The van der Waals surface area contributed by atoms with Gasteiger partial charge in [0.05, 0.1) is 16.2 Å². The molecule has 0 aliphatic carbocycles. The van der Waals surface area contributed by atoms with Gasteiger partial charge in [-0.3, -0.25) is 4.98 Å². The van der Waals surface area contributed by atoms with E-state index in [2.05, 4.69) is 20.3 Å². The molecule has 2 aromatic heterocycles. The first-order valence-electron chi connectivity index (χ1n) is 6.61. The van der Waals surface area contributed by atoms with Gasteiger partial charge in [-0.2, -0.15) is 0 Å². The van der Waals surface area contributed by atoms with Crippen molar-refractivity contribution in [1.82, 2.24) is 15.0 Å². The van der Waals surface area contributed by atoms with E-state index in [0.717, 1.165) is 23.0 Å². The van der Waals surface area contributed by atoms with Gasteiger partial charge in [-0.25, -0.2) is 9.97 Å². The van der Waals surface area contributed by atoms with Crippen molar-refractivity contribution in [3.63, 3.8) is 0 Å². The molecule has 5 nitrogen and oxygen atoms in total. The summed E-state index contributed by atoms with van der Waals surface area (Å²) >= 11 is 6.19.